The maximum Gasteiger partial charge on any atom is 0.416 e. The first-order valence-electron chi connectivity index (χ1n) is 8.78. The molecule has 1 aliphatic rings. The van der Waals surface area contributed by atoms with E-state index in [1.165, 1.54) is 39.6 Å². The van der Waals surface area contributed by atoms with Crippen LogP contribution in [0.3, 0.4) is 0 Å². The van der Waals surface area contributed by atoms with Gasteiger partial charge in [0.25, 0.3) is 5.91 Å². The van der Waals surface area contributed by atoms with Crippen LogP contribution in [0.1, 0.15) is 21.7 Å². The van der Waals surface area contributed by atoms with Gasteiger partial charge in [0.05, 0.1) is 12.1 Å². The first-order chi connectivity index (χ1) is 14.3. The number of carbonyl (C=O) groups is 1. The molecule has 6 nitrogen and oxygen atoms in total. The summed E-state index contributed by atoms with van der Waals surface area (Å²) in [6.07, 6.45) is -4.48. The van der Waals surface area contributed by atoms with Crippen molar-refractivity contribution in [2.24, 2.45) is 0 Å². The Balaban J connectivity index is 1.58. The molecule has 0 saturated heterocycles. The number of hydrogen-bond donors (Lipinski definition) is 0. The van der Waals surface area contributed by atoms with Crippen molar-refractivity contribution in [1.82, 2.24) is 14.9 Å². The van der Waals surface area contributed by atoms with Crippen LogP contribution in [0, 0.1) is 5.82 Å². The molecule has 2 aromatic carbocycles. The lowest BCUT2D eigenvalue weighted by Gasteiger charge is -2.29. The van der Waals surface area contributed by atoms with Crippen molar-refractivity contribution in [3.8, 4) is 5.75 Å². The molecule has 2 heterocycles. The molecule has 0 atom stereocenters. The van der Waals surface area contributed by atoms with Gasteiger partial charge in [-0.15, -0.1) is 10.2 Å². The van der Waals surface area contributed by atoms with Crippen molar-refractivity contribution in [2.45, 2.75) is 17.9 Å². The van der Waals surface area contributed by atoms with Gasteiger partial charge in [0, 0.05) is 11.3 Å². The quantitative estimate of drug-likeness (QED) is 0.579. The summed E-state index contributed by atoms with van der Waals surface area (Å²) in [5.41, 5.74) is -0.743. The average molecular weight is 438 g/mol. The highest BCUT2D eigenvalue weighted by Gasteiger charge is 2.32. The molecule has 30 heavy (non-hydrogen) atoms. The summed E-state index contributed by atoms with van der Waals surface area (Å²) >= 11 is 1.37. The van der Waals surface area contributed by atoms with E-state index in [4.69, 9.17) is 4.74 Å². The van der Waals surface area contributed by atoms with Gasteiger partial charge in [-0.1, -0.05) is 23.9 Å². The summed E-state index contributed by atoms with van der Waals surface area (Å²) in [4.78, 5) is 13.0. The van der Waals surface area contributed by atoms with Crippen LogP contribution in [0.15, 0.2) is 53.7 Å². The molecule has 0 saturated carbocycles. The molecule has 1 amide bonds. The number of benzene rings is 2. The van der Waals surface area contributed by atoms with Crippen molar-refractivity contribution >= 4 is 17.7 Å². The molecule has 0 radical (unpaired) electrons. The van der Waals surface area contributed by atoms with Crippen LogP contribution in [0.25, 0.3) is 0 Å². The molecule has 4 rings (SSSR count). The van der Waals surface area contributed by atoms with E-state index < -0.39 is 23.5 Å². The van der Waals surface area contributed by atoms with E-state index in [2.05, 4.69) is 10.2 Å². The maximum absolute atomic E-state index is 13.8. The summed E-state index contributed by atoms with van der Waals surface area (Å²) in [6.45, 7) is 0.146. The van der Waals surface area contributed by atoms with Crippen LogP contribution in [0.5, 0.6) is 5.75 Å². The Kier molecular flexibility index (Phi) is 5.37. The Labute approximate surface area is 172 Å². The fraction of sp³-hybridized carbons (Fsp3) is 0.211. The third-order valence-electron chi connectivity index (χ3n) is 4.34. The number of halogens is 4. The van der Waals surface area contributed by atoms with Gasteiger partial charge in [-0.25, -0.2) is 14.1 Å². The SMILES string of the molecule is O=C(c1ccc(C(F)(F)F)cc1)N1CCSc2nnc(COc3ccccc3F)n21. The molecular formula is C19H14F4N4O2S. The number of aromatic nitrogens is 3. The minimum Gasteiger partial charge on any atom is -0.482 e. The Hall–Kier alpha value is -3.08. The molecule has 1 aliphatic heterocycles. The zero-order valence-corrected chi connectivity index (χ0v) is 16.1. The standard InChI is InChI=1S/C19H14F4N4O2S/c20-14-3-1-2-4-15(14)29-11-16-24-25-18-27(16)26(9-10-30-18)17(28)12-5-7-13(8-6-12)19(21,22)23/h1-8H,9-11H2. The average Bonchev–Trinajstić information content (AvgIpc) is 3.15. The highest BCUT2D eigenvalue weighted by molar-refractivity contribution is 7.99. The molecule has 156 valence electrons. The van der Waals surface area contributed by atoms with E-state index in [0.717, 1.165) is 24.3 Å². The number of ether oxygens (including phenoxy) is 1. The van der Waals surface area contributed by atoms with E-state index in [-0.39, 0.29) is 23.7 Å². The number of nitrogens with zero attached hydrogens (tertiary/aromatic N) is 4. The van der Waals surface area contributed by atoms with Gasteiger partial charge >= 0.3 is 6.18 Å². The molecular weight excluding hydrogens is 424 g/mol. The van der Waals surface area contributed by atoms with Gasteiger partial charge in [0.2, 0.25) is 5.16 Å². The summed E-state index contributed by atoms with van der Waals surface area (Å²) < 4.78 is 59.0. The fourth-order valence-corrected chi connectivity index (χ4v) is 3.76. The zero-order valence-electron chi connectivity index (χ0n) is 15.3. The number of carbonyl (C=O) groups excluding carboxylic acids is 1. The van der Waals surface area contributed by atoms with Crippen molar-refractivity contribution < 1.29 is 27.1 Å². The van der Waals surface area contributed by atoms with E-state index in [1.54, 1.807) is 6.07 Å². The second-order valence-corrected chi connectivity index (χ2v) is 7.34. The molecule has 0 aliphatic carbocycles. The highest BCUT2D eigenvalue weighted by Crippen LogP contribution is 2.30. The molecule has 0 spiro atoms. The number of amides is 1. The molecule has 0 N–H and O–H groups in total. The molecule has 0 bridgehead atoms. The van der Waals surface area contributed by atoms with Gasteiger partial charge in [0.1, 0.15) is 6.61 Å². The largest absolute Gasteiger partial charge is 0.482 e. The van der Waals surface area contributed by atoms with Crippen LogP contribution < -0.4 is 9.75 Å². The van der Waals surface area contributed by atoms with Crippen molar-refractivity contribution in [1.29, 1.82) is 0 Å². The van der Waals surface area contributed by atoms with Gasteiger partial charge in [-0.3, -0.25) is 4.79 Å². The lowest BCUT2D eigenvalue weighted by atomic mass is 10.1. The lowest BCUT2D eigenvalue weighted by Crippen LogP contribution is -2.45. The van der Waals surface area contributed by atoms with Crippen LogP contribution in [0.2, 0.25) is 0 Å². The second kappa shape index (κ2) is 7.98. The van der Waals surface area contributed by atoms with Crippen LogP contribution >= 0.6 is 11.8 Å². The fourth-order valence-electron chi connectivity index (χ4n) is 2.89. The number of rotatable bonds is 4. The highest BCUT2D eigenvalue weighted by atomic mass is 32.2. The van der Waals surface area contributed by atoms with E-state index in [1.807, 2.05) is 0 Å². The third-order valence-corrected chi connectivity index (χ3v) is 5.24. The topological polar surface area (TPSA) is 60.3 Å². The summed E-state index contributed by atoms with van der Waals surface area (Å²) in [6, 6.07) is 9.85. The summed E-state index contributed by atoms with van der Waals surface area (Å²) in [5.74, 6) is -0.210. The Morgan fingerprint density at radius 1 is 1.10 bits per heavy atom. The van der Waals surface area contributed by atoms with E-state index in [0.29, 0.717) is 17.5 Å². The van der Waals surface area contributed by atoms with Gasteiger partial charge < -0.3 is 4.74 Å². The number of thioether (sulfide) groups is 1. The second-order valence-electron chi connectivity index (χ2n) is 6.28. The number of para-hydroxylation sites is 1. The van der Waals surface area contributed by atoms with Gasteiger partial charge in [-0.05, 0) is 36.4 Å². The Morgan fingerprint density at radius 3 is 2.53 bits per heavy atom. The smallest absolute Gasteiger partial charge is 0.416 e. The molecule has 0 fully saturated rings. The predicted molar refractivity (Wildman–Crippen MR) is 100 cm³/mol. The van der Waals surface area contributed by atoms with E-state index in [9.17, 15) is 22.4 Å². The summed E-state index contributed by atoms with van der Waals surface area (Å²) in [7, 11) is 0. The molecule has 3 aromatic rings. The Bertz CT molecular complexity index is 1070. The van der Waals surface area contributed by atoms with Gasteiger partial charge in [-0.2, -0.15) is 13.2 Å². The van der Waals surface area contributed by atoms with E-state index >= 15 is 0 Å². The molecule has 1 aromatic heterocycles. The maximum atomic E-state index is 13.8. The van der Waals surface area contributed by atoms with Crippen LogP contribution in [-0.4, -0.2) is 33.1 Å². The van der Waals surface area contributed by atoms with Crippen molar-refractivity contribution in [3.05, 3.63) is 71.3 Å². The molecule has 11 heteroatoms. The lowest BCUT2D eigenvalue weighted by molar-refractivity contribution is -0.137. The first-order valence-corrected chi connectivity index (χ1v) is 9.77. The van der Waals surface area contributed by atoms with Crippen molar-refractivity contribution in [2.75, 3.05) is 17.3 Å². The van der Waals surface area contributed by atoms with Crippen LogP contribution in [-0.2, 0) is 12.8 Å². The first kappa shape index (κ1) is 20.2. The predicted octanol–water partition coefficient (Wildman–Crippen LogP) is 3.90. The molecule has 0 unspecified atom stereocenters. The minimum absolute atomic E-state index is 0.0268. The monoisotopic (exact) mass is 438 g/mol. The van der Waals surface area contributed by atoms with Crippen LogP contribution in [0.4, 0.5) is 17.6 Å². The van der Waals surface area contributed by atoms with Crippen molar-refractivity contribution in [3.63, 3.8) is 0 Å². The third kappa shape index (κ3) is 3.97. The number of fused-ring (bicyclic) bond motifs is 1. The van der Waals surface area contributed by atoms with Gasteiger partial charge in [0.15, 0.2) is 17.4 Å². The Morgan fingerprint density at radius 2 is 1.83 bits per heavy atom. The number of hydrogen-bond acceptors (Lipinski definition) is 5. The minimum atomic E-state index is -4.48. The zero-order chi connectivity index (χ0) is 21.3. The normalized spacial score (nSPS) is 13.8. The number of alkyl halides is 3. The summed E-state index contributed by atoms with van der Waals surface area (Å²) in [5, 5.41) is 9.82.